The second-order valence-corrected chi connectivity index (χ2v) is 2.61. The molecule has 0 atom stereocenters. The molecule has 0 unspecified atom stereocenters. The molecule has 2 rings (SSSR count). The third-order valence-corrected chi connectivity index (χ3v) is 1.89. The molecule has 0 N–H and O–H groups in total. The van der Waals surface area contributed by atoms with Gasteiger partial charge in [0.05, 0.1) is 0 Å². The van der Waals surface area contributed by atoms with Crippen LogP contribution < -0.4 is 10.4 Å². The second-order valence-electron chi connectivity index (χ2n) is 2.61. The molecule has 1 aromatic carbocycles. The van der Waals surface area contributed by atoms with E-state index in [1.807, 2.05) is 27.7 Å². The molecule has 0 heteroatoms. The topological polar surface area (TPSA) is 0 Å². The van der Waals surface area contributed by atoms with Crippen molar-refractivity contribution >= 4 is 12.2 Å². The zero-order valence-electron chi connectivity index (χ0n) is 9.88. The summed E-state index contributed by atoms with van der Waals surface area (Å²) in [5, 5.41) is 2.79. The molecule has 1 aliphatic rings. The van der Waals surface area contributed by atoms with Crippen molar-refractivity contribution in [3.05, 3.63) is 34.7 Å². The van der Waals surface area contributed by atoms with Crippen LogP contribution in [0.2, 0.25) is 0 Å². The average Bonchev–Trinajstić information content (AvgIpc) is 2.34. The van der Waals surface area contributed by atoms with Gasteiger partial charge in [0.1, 0.15) is 0 Å². The first-order valence-electron chi connectivity index (χ1n) is 5.72. The Kier molecular flexibility index (Phi) is 7.92. The molecule has 0 radical (unpaired) electrons. The summed E-state index contributed by atoms with van der Waals surface area (Å²) in [4.78, 5) is 0. The third-order valence-electron chi connectivity index (χ3n) is 1.89. The van der Waals surface area contributed by atoms with Crippen molar-refractivity contribution in [1.82, 2.24) is 0 Å². The summed E-state index contributed by atoms with van der Waals surface area (Å²) >= 11 is 0. The van der Waals surface area contributed by atoms with Gasteiger partial charge >= 0.3 is 0 Å². The van der Waals surface area contributed by atoms with E-state index in [1.165, 1.54) is 23.3 Å². The first kappa shape index (κ1) is 13.0. The van der Waals surface area contributed by atoms with E-state index in [1.54, 1.807) is 0 Å². The maximum atomic E-state index is 2.30. The van der Waals surface area contributed by atoms with Gasteiger partial charge in [0.25, 0.3) is 0 Å². The quantitative estimate of drug-likeness (QED) is 0.590. The molecule has 0 aromatic heterocycles. The number of hydrogen-bond donors (Lipinski definition) is 0. The van der Waals surface area contributed by atoms with Crippen LogP contribution in [0, 0.1) is 0 Å². The van der Waals surface area contributed by atoms with E-state index < -0.39 is 0 Å². The van der Waals surface area contributed by atoms with E-state index in [-0.39, 0.29) is 0 Å². The standard InChI is InChI=1S/C10H10.2C2H6/c1-2-6-10-8-4-3-7-9(10)5-1;2*1-2/h1-2,5-8H,3-4H2;2*1-2H3. The summed E-state index contributed by atoms with van der Waals surface area (Å²) in [5.41, 5.74) is 0. The molecule has 0 aliphatic heterocycles. The summed E-state index contributed by atoms with van der Waals surface area (Å²) in [5.74, 6) is 0. The number of rotatable bonds is 0. The number of hydrogen-bond acceptors (Lipinski definition) is 0. The summed E-state index contributed by atoms with van der Waals surface area (Å²) in [6, 6.07) is 8.53. The highest BCUT2D eigenvalue weighted by Crippen LogP contribution is 1.93. The van der Waals surface area contributed by atoms with Crippen LogP contribution in [0.3, 0.4) is 0 Å². The highest BCUT2D eigenvalue weighted by atomic mass is 13.9. The van der Waals surface area contributed by atoms with Gasteiger partial charge < -0.3 is 0 Å². The molecule has 0 amide bonds. The first-order chi connectivity index (χ1) is 6.97. The lowest BCUT2D eigenvalue weighted by Crippen LogP contribution is -2.25. The highest BCUT2D eigenvalue weighted by molar-refractivity contribution is 5.37. The van der Waals surface area contributed by atoms with E-state index in [4.69, 9.17) is 0 Å². The number of fused-ring (bicyclic) bond motifs is 1. The monoisotopic (exact) mass is 190 g/mol. The predicted molar refractivity (Wildman–Crippen MR) is 66.6 cm³/mol. The van der Waals surface area contributed by atoms with Gasteiger partial charge in [0.2, 0.25) is 0 Å². The van der Waals surface area contributed by atoms with Gasteiger partial charge in [-0.15, -0.1) is 0 Å². The average molecular weight is 190 g/mol. The Bertz CT molecular complexity index is 298. The molecule has 0 heterocycles. The Morgan fingerprint density at radius 1 is 0.714 bits per heavy atom. The Morgan fingerprint density at radius 3 is 1.43 bits per heavy atom. The number of benzene rings is 1. The molecule has 0 saturated heterocycles. The van der Waals surface area contributed by atoms with Crippen LogP contribution in [0.25, 0.3) is 12.2 Å². The Labute approximate surface area is 88.0 Å². The highest BCUT2D eigenvalue weighted by Gasteiger charge is 1.88. The van der Waals surface area contributed by atoms with E-state index in [2.05, 4.69) is 36.4 Å². The van der Waals surface area contributed by atoms with Gasteiger partial charge in [0.15, 0.2) is 0 Å². The minimum absolute atomic E-state index is 1.21. The second kappa shape index (κ2) is 8.55. The van der Waals surface area contributed by atoms with Crippen LogP contribution in [-0.4, -0.2) is 0 Å². The van der Waals surface area contributed by atoms with Gasteiger partial charge in [-0.05, 0) is 23.3 Å². The summed E-state index contributed by atoms with van der Waals surface area (Å²) in [6.45, 7) is 8.00. The zero-order valence-corrected chi connectivity index (χ0v) is 9.88. The first-order valence-corrected chi connectivity index (χ1v) is 5.72. The Morgan fingerprint density at radius 2 is 1.07 bits per heavy atom. The van der Waals surface area contributed by atoms with Gasteiger partial charge in [-0.3, -0.25) is 0 Å². The van der Waals surface area contributed by atoms with Crippen molar-refractivity contribution in [1.29, 1.82) is 0 Å². The van der Waals surface area contributed by atoms with Crippen molar-refractivity contribution in [2.24, 2.45) is 0 Å². The predicted octanol–water partition coefficient (Wildman–Crippen LogP) is 3.09. The van der Waals surface area contributed by atoms with Crippen molar-refractivity contribution in [2.45, 2.75) is 40.5 Å². The largest absolute Gasteiger partial charge is 0.0764 e. The maximum absolute atomic E-state index is 2.30. The Hall–Kier alpha value is -1.04. The summed E-state index contributed by atoms with van der Waals surface area (Å²) in [6.07, 6.45) is 7.01. The molecule has 0 nitrogen and oxygen atoms in total. The van der Waals surface area contributed by atoms with Crippen molar-refractivity contribution in [2.75, 3.05) is 0 Å². The SMILES string of the molecule is C1=c2ccccc2=CCC1.CC.CC. The molecule has 1 aromatic rings. The summed E-state index contributed by atoms with van der Waals surface area (Å²) < 4.78 is 0. The molecule has 78 valence electrons. The van der Waals surface area contributed by atoms with Gasteiger partial charge in [-0.2, -0.15) is 0 Å². The lowest BCUT2D eigenvalue weighted by Gasteiger charge is -1.96. The molecule has 1 aliphatic carbocycles. The zero-order chi connectivity index (χ0) is 10.8. The van der Waals surface area contributed by atoms with Crippen molar-refractivity contribution < 1.29 is 0 Å². The molecule has 0 bridgehead atoms. The smallest absolute Gasteiger partial charge is 0.0227 e. The fourth-order valence-electron chi connectivity index (χ4n) is 1.36. The van der Waals surface area contributed by atoms with E-state index >= 15 is 0 Å². The summed E-state index contributed by atoms with van der Waals surface area (Å²) in [7, 11) is 0. The lowest BCUT2D eigenvalue weighted by atomic mass is 10.1. The van der Waals surface area contributed by atoms with Crippen LogP contribution in [0.1, 0.15) is 40.5 Å². The fourth-order valence-corrected chi connectivity index (χ4v) is 1.36. The van der Waals surface area contributed by atoms with Crippen LogP contribution in [-0.2, 0) is 0 Å². The lowest BCUT2D eigenvalue weighted by molar-refractivity contribution is 1.12. The van der Waals surface area contributed by atoms with E-state index in [9.17, 15) is 0 Å². The molecular weight excluding hydrogens is 168 g/mol. The Balaban J connectivity index is 0.000000379. The molecule has 0 saturated carbocycles. The minimum Gasteiger partial charge on any atom is -0.0764 e. The minimum atomic E-state index is 1.21. The molecule has 0 fully saturated rings. The fraction of sp³-hybridized carbons (Fsp3) is 0.429. The molecule has 0 spiro atoms. The molecule has 14 heavy (non-hydrogen) atoms. The van der Waals surface area contributed by atoms with Crippen LogP contribution >= 0.6 is 0 Å². The molecular formula is C14H22. The van der Waals surface area contributed by atoms with E-state index in [0.29, 0.717) is 0 Å². The van der Waals surface area contributed by atoms with Crippen LogP contribution in [0.15, 0.2) is 24.3 Å². The van der Waals surface area contributed by atoms with Gasteiger partial charge in [-0.25, -0.2) is 0 Å². The normalized spacial score (nSPS) is 11.4. The van der Waals surface area contributed by atoms with Gasteiger partial charge in [-0.1, -0.05) is 64.1 Å². The van der Waals surface area contributed by atoms with Crippen molar-refractivity contribution in [3.63, 3.8) is 0 Å². The maximum Gasteiger partial charge on any atom is -0.0227 e. The third kappa shape index (κ3) is 3.78. The van der Waals surface area contributed by atoms with Gasteiger partial charge in [0, 0.05) is 0 Å². The van der Waals surface area contributed by atoms with Crippen LogP contribution in [0.5, 0.6) is 0 Å². The van der Waals surface area contributed by atoms with Crippen molar-refractivity contribution in [3.8, 4) is 0 Å². The van der Waals surface area contributed by atoms with Crippen LogP contribution in [0.4, 0.5) is 0 Å². The van der Waals surface area contributed by atoms with E-state index in [0.717, 1.165) is 0 Å².